The largest absolute Gasteiger partial charge is 0.326 e. The molecule has 20 heavy (non-hydrogen) atoms. The second-order valence-corrected chi connectivity index (χ2v) is 7.96. The monoisotopic (exact) mass is 358 g/mol. The Kier molecular flexibility index (Phi) is 5.17. The van der Waals surface area contributed by atoms with Gasteiger partial charge >= 0.3 is 0 Å². The lowest BCUT2D eigenvalue weighted by molar-refractivity contribution is 0.0756. The van der Waals surface area contributed by atoms with Crippen LogP contribution in [0.15, 0.2) is 22.7 Å². The van der Waals surface area contributed by atoms with E-state index >= 15 is 0 Å². The maximum Gasteiger partial charge on any atom is 0.0519 e. The summed E-state index contributed by atoms with van der Waals surface area (Å²) >= 11 is 9.96. The standard InChI is InChI=1S/C16H24BrClN2/c1-16(2,3)20-9-5-4-6-14(19)15(20)12-8-7-11(17)10-13(12)18/h7-8,10,14-15H,4-6,9,19H2,1-3H3. The molecule has 1 fully saturated rings. The van der Waals surface area contributed by atoms with Crippen LogP contribution in [0.3, 0.4) is 0 Å². The van der Waals surface area contributed by atoms with E-state index in [4.69, 9.17) is 17.3 Å². The van der Waals surface area contributed by atoms with Crippen molar-refractivity contribution < 1.29 is 0 Å². The smallest absolute Gasteiger partial charge is 0.0519 e. The van der Waals surface area contributed by atoms with Gasteiger partial charge in [0.05, 0.1) is 6.04 Å². The van der Waals surface area contributed by atoms with E-state index in [9.17, 15) is 0 Å². The molecule has 0 bridgehead atoms. The fourth-order valence-corrected chi connectivity index (χ4v) is 3.87. The average molecular weight is 360 g/mol. The summed E-state index contributed by atoms with van der Waals surface area (Å²) in [4.78, 5) is 2.51. The fourth-order valence-electron chi connectivity index (χ4n) is 3.08. The molecule has 2 rings (SSSR count). The number of rotatable bonds is 1. The van der Waals surface area contributed by atoms with Crippen LogP contribution in [-0.2, 0) is 0 Å². The highest BCUT2D eigenvalue weighted by atomic mass is 79.9. The summed E-state index contributed by atoms with van der Waals surface area (Å²) in [5, 5.41) is 0.802. The Labute approximate surface area is 135 Å². The van der Waals surface area contributed by atoms with Gasteiger partial charge in [-0.2, -0.15) is 0 Å². The Morgan fingerprint density at radius 1 is 1.30 bits per heavy atom. The number of halogens is 2. The zero-order valence-electron chi connectivity index (χ0n) is 12.5. The molecule has 2 atom stereocenters. The third kappa shape index (κ3) is 3.56. The van der Waals surface area contributed by atoms with Gasteiger partial charge in [-0.05, 0) is 57.9 Å². The van der Waals surface area contributed by atoms with Gasteiger partial charge in [-0.25, -0.2) is 0 Å². The van der Waals surface area contributed by atoms with Crippen molar-refractivity contribution in [2.24, 2.45) is 5.73 Å². The average Bonchev–Trinajstić information content (AvgIpc) is 2.51. The molecule has 0 spiro atoms. The summed E-state index contributed by atoms with van der Waals surface area (Å²) in [6, 6.07) is 6.46. The summed E-state index contributed by atoms with van der Waals surface area (Å²) in [6.45, 7) is 7.84. The van der Waals surface area contributed by atoms with E-state index in [1.165, 1.54) is 12.8 Å². The number of likely N-dealkylation sites (tertiary alicyclic amines) is 1. The molecule has 4 heteroatoms. The highest BCUT2D eigenvalue weighted by Crippen LogP contribution is 2.38. The van der Waals surface area contributed by atoms with Gasteiger partial charge in [-0.1, -0.05) is 40.0 Å². The Morgan fingerprint density at radius 3 is 2.60 bits per heavy atom. The van der Waals surface area contributed by atoms with Crippen molar-refractivity contribution in [2.45, 2.75) is 57.7 Å². The van der Waals surface area contributed by atoms with Crippen LogP contribution in [0.4, 0.5) is 0 Å². The quantitative estimate of drug-likeness (QED) is 0.783. The van der Waals surface area contributed by atoms with Crippen LogP contribution >= 0.6 is 27.5 Å². The molecule has 1 saturated heterocycles. The predicted molar refractivity (Wildman–Crippen MR) is 90.2 cm³/mol. The van der Waals surface area contributed by atoms with Gasteiger partial charge in [0.15, 0.2) is 0 Å². The van der Waals surface area contributed by atoms with Crippen LogP contribution in [0.2, 0.25) is 5.02 Å². The molecule has 0 aliphatic carbocycles. The van der Waals surface area contributed by atoms with Gasteiger partial charge in [-0.3, -0.25) is 4.90 Å². The first kappa shape index (κ1) is 16.3. The van der Waals surface area contributed by atoms with E-state index in [0.29, 0.717) is 0 Å². The molecule has 1 aromatic rings. The normalized spacial score (nSPS) is 25.5. The number of benzene rings is 1. The maximum absolute atomic E-state index is 6.49. The second-order valence-electron chi connectivity index (χ2n) is 6.63. The Hall–Kier alpha value is -0.0900. The molecule has 2 nitrogen and oxygen atoms in total. The molecule has 1 aliphatic heterocycles. The fraction of sp³-hybridized carbons (Fsp3) is 0.625. The van der Waals surface area contributed by atoms with Crippen molar-refractivity contribution in [3.05, 3.63) is 33.3 Å². The van der Waals surface area contributed by atoms with E-state index in [2.05, 4.69) is 53.7 Å². The van der Waals surface area contributed by atoms with Crippen molar-refractivity contribution in [1.29, 1.82) is 0 Å². The van der Waals surface area contributed by atoms with Gasteiger partial charge in [-0.15, -0.1) is 0 Å². The van der Waals surface area contributed by atoms with Crippen molar-refractivity contribution in [2.75, 3.05) is 6.54 Å². The summed E-state index contributed by atoms with van der Waals surface area (Å²) < 4.78 is 1.01. The number of hydrogen-bond acceptors (Lipinski definition) is 2. The molecule has 1 aliphatic rings. The first-order chi connectivity index (χ1) is 9.30. The number of nitrogens with two attached hydrogens (primary N) is 1. The minimum Gasteiger partial charge on any atom is -0.326 e. The van der Waals surface area contributed by atoms with Crippen molar-refractivity contribution in [1.82, 2.24) is 4.90 Å². The summed E-state index contributed by atoms with van der Waals surface area (Å²) in [5.74, 6) is 0. The molecule has 0 aromatic heterocycles. The predicted octanol–water partition coefficient (Wildman–Crippen LogP) is 4.76. The summed E-state index contributed by atoms with van der Waals surface area (Å²) in [6.07, 6.45) is 3.46. The van der Waals surface area contributed by atoms with Gasteiger partial charge in [0.2, 0.25) is 0 Å². The summed E-state index contributed by atoms with van der Waals surface area (Å²) in [5.41, 5.74) is 7.73. The van der Waals surface area contributed by atoms with Crippen LogP contribution in [0.1, 0.15) is 51.6 Å². The van der Waals surface area contributed by atoms with Gasteiger partial charge in [0, 0.05) is 21.1 Å². The molecule has 0 radical (unpaired) electrons. The highest BCUT2D eigenvalue weighted by Gasteiger charge is 2.36. The van der Waals surface area contributed by atoms with Crippen LogP contribution < -0.4 is 5.73 Å². The van der Waals surface area contributed by atoms with E-state index < -0.39 is 0 Å². The zero-order chi connectivity index (χ0) is 14.9. The minimum absolute atomic E-state index is 0.0863. The lowest BCUT2D eigenvalue weighted by Crippen LogP contribution is -2.49. The van der Waals surface area contributed by atoms with Crippen molar-refractivity contribution in [3.8, 4) is 0 Å². The third-order valence-corrected chi connectivity index (χ3v) is 4.89. The maximum atomic E-state index is 6.49. The first-order valence-corrected chi connectivity index (χ1v) is 8.45. The molecule has 2 unspecified atom stereocenters. The first-order valence-electron chi connectivity index (χ1n) is 7.28. The lowest BCUT2D eigenvalue weighted by Gasteiger charge is -2.43. The molecule has 0 amide bonds. The van der Waals surface area contributed by atoms with E-state index in [-0.39, 0.29) is 17.6 Å². The van der Waals surface area contributed by atoms with Crippen LogP contribution in [0.25, 0.3) is 0 Å². The number of hydrogen-bond donors (Lipinski definition) is 1. The SMILES string of the molecule is CC(C)(C)N1CCCCC(N)C1c1ccc(Br)cc1Cl. The Balaban J connectivity index is 2.45. The third-order valence-electron chi connectivity index (χ3n) is 4.07. The molecular formula is C16H24BrClN2. The van der Waals surface area contributed by atoms with Crippen LogP contribution in [0, 0.1) is 0 Å². The van der Waals surface area contributed by atoms with Crippen molar-refractivity contribution >= 4 is 27.5 Å². The lowest BCUT2D eigenvalue weighted by atomic mass is 9.92. The van der Waals surface area contributed by atoms with E-state index in [1.807, 2.05) is 6.07 Å². The second kappa shape index (κ2) is 6.35. The summed E-state index contributed by atoms with van der Waals surface area (Å²) in [7, 11) is 0. The molecule has 1 heterocycles. The van der Waals surface area contributed by atoms with Gasteiger partial charge < -0.3 is 5.73 Å². The number of nitrogens with zero attached hydrogens (tertiary/aromatic N) is 1. The molecule has 1 aromatic carbocycles. The van der Waals surface area contributed by atoms with E-state index in [0.717, 1.165) is 28.0 Å². The van der Waals surface area contributed by atoms with Gasteiger partial charge in [0.25, 0.3) is 0 Å². The molecule has 2 N–H and O–H groups in total. The Bertz CT molecular complexity index is 470. The molecular weight excluding hydrogens is 336 g/mol. The minimum atomic E-state index is 0.0863. The highest BCUT2D eigenvalue weighted by molar-refractivity contribution is 9.10. The Morgan fingerprint density at radius 2 is 2.00 bits per heavy atom. The van der Waals surface area contributed by atoms with Crippen LogP contribution in [-0.4, -0.2) is 23.0 Å². The zero-order valence-corrected chi connectivity index (χ0v) is 14.8. The van der Waals surface area contributed by atoms with Gasteiger partial charge in [0.1, 0.15) is 0 Å². The molecule has 112 valence electrons. The van der Waals surface area contributed by atoms with Crippen LogP contribution in [0.5, 0.6) is 0 Å². The van der Waals surface area contributed by atoms with E-state index in [1.54, 1.807) is 0 Å². The topological polar surface area (TPSA) is 29.3 Å². The van der Waals surface area contributed by atoms with Crippen molar-refractivity contribution in [3.63, 3.8) is 0 Å². The molecule has 0 saturated carbocycles.